The van der Waals surface area contributed by atoms with E-state index >= 15 is 0 Å². The number of hydrogen-bond acceptors (Lipinski definition) is 3. The van der Waals surface area contributed by atoms with Gasteiger partial charge in [-0.05, 0) is 35.7 Å². The van der Waals surface area contributed by atoms with Crippen LogP contribution in [-0.2, 0) is 11.2 Å². The maximum Gasteiger partial charge on any atom is 0.328 e. The van der Waals surface area contributed by atoms with Crippen molar-refractivity contribution < 1.29 is 9.90 Å². The van der Waals surface area contributed by atoms with Gasteiger partial charge in [0.15, 0.2) is 0 Å². The fourth-order valence-corrected chi connectivity index (χ4v) is 1.95. The standard InChI is InChI=1S/C11H15NO2S/c1-9(7-10-4-6-15-8-10)12-5-2-3-11(13)14/h2-4,6,8-9,12H,5,7H2,1H3,(H,13,14)/b3-2+. The number of carbonyl (C=O) groups is 1. The van der Waals surface area contributed by atoms with Gasteiger partial charge in [-0.3, -0.25) is 0 Å². The van der Waals surface area contributed by atoms with Crippen LogP contribution in [0.25, 0.3) is 0 Å². The maximum atomic E-state index is 10.2. The lowest BCUT2D eigenvalue weighted by molar-refractivity contribution is -0.131. The Kier molecular flexibility index (Phi) is 5.07. The number of nitrogens with one attached hydrogen (secondary N) is 1. The summed E-state index contributed by atoms with van der Waals surface area (Å²) in [5.74, 6) is -0.901. The van der Waals surface area contributed by atoms with Crippen molar-refractivity contribution in [3.05, 3.63) is 34.5 Å². The third-order valence-electron chi connectivity index (χ3n) is 1.97. The van der Waals surface area contributed by atoms with Gasteiger partial charge in [0, 0.05) is 18.7 Å². The lowest BCUT2D eigenvalue weighted by Crippen LogP contribution is -2.28. The summed E-state index contributed by atoms with van der Waals surface area (Å²) < 4.78 is 0. The second-order valence-corrected chi connectivity index (χ2v) is 4.17. The smallest absolute Gasteiger partial charge is 0.328 e. The zero-order chi connectivity index (χ0) is 11.1. The average molecular weight is 225 g/mol. The van der Waals surface area contributed by atoms with Crippen LogP contribution in [0.5, 0.6) is 0 Å². The van der Waals surface area contributed by atoms with E-state index in [1.54, 1.807) is 17.4 Å². The van der Waals surface area contributed by atoms with Gasteiger partial charge in [0.25, 0.3) is 0 Å². The summed E-state index contributed by atoms with van der Waals surface area (Å²) in [4.78, 5) is 10.2. The van der Waals surface area contributed by atoms with E-state index in [1.165, 1.54) is 5.56 Å². The van der Waals surface area contributed by atoms with Gasteiger partial charge in [0.05, 0.1) is 0 Å². The quantitative estimate of drug-likeness (QED) is 0.727. The molecule has 4 heteroatoms. The topological polar surface area (TPSA) is 49.3 Å². The van der Waals surface area contributed by atoms with Crippen molar-refractivity contribution in [1.82, 2.24) is 5.32 Å². The van der Waals surface area contributed by atoms with Gasteiger partial charge >= 0.3 is 5.97 Å². The summed E-state index contributed by atoms with van der Waals surface area (Å²) in [5.41, 5.74) is 1.32. The molecule has 0 aliphatic carbocycles. The summed E-state index contributed by atoms with van der Waals surface area (Å²) in [6.45, 7) is 2.68. The summed E-state index contributed by atoms with van der Waals surface area (Å²) in [6.07, 6.45) is 3.75. The van der Waals surface area contributed by atoms with E-state index in [0.29, 0.717) is 12.6 Å². The molecule has 0 radical (unpaired) electrons. The van der Waals surface area contributed by atoms with Crippen LogP contribution in [0.4, 0.5) is 0 Å². The molecule has 0 aliphatic rings. The van der Waals surface area contributed by atoms with Crippen LogP contribution in [0.1, 0.15) is 12.5 Å². The number of thiophene rings is 1. The summed E-state index contributed by atoms with van der Waals surface area (Å²) >= 11 is 1.69. The molecule has 1 heterocycles. The van der Waals surface area contributed by atoms with Crippen molar-refractivity contribution in [2.75, 3.05) is 6.54 Å². The molecule has 1 unspecified atom stereocenters. The van der Waals surface area contributed by atoms with Crippen molar-refractivity contribution in [3.63, 3.8) is 0 Å². The molecule has 1 aromatic rings. The minimum absolute atomic E-state index is 0.359. The van der Waals surface area contributed by atoms with Crippen LogP contribution in [0, 0.1) is 0 Å². The van der Waals surface area contributed by atoms with Crippen LogP contribution in [0.3, 0.4) is 0 Å². The van der Waals surface area contributed by atoms with Crippen molar-refractivity contribution in [1.29, 1.82) is 0 Å². The Balaban J connectivity index is 2.19. The zero-order valence-corrected chi connectivity index (χ0v) is 9.46. The van der Waals surface area contributed by atoms with E-state index in [2.05, 4.69) is 29.1 Å². The SMILES string of the molecule is CC(Cc1ccsc1)NC/C=C/C(=O)O. The minimum Gasteiger partial charge on any atom is -0.478 e. The van der Waals surface area contributed by atoms with Crippen molar-refractivity contribution in [2.24, 2.45) is 0 Å². The first kappa shape index (κ1) is 11.9. The van der Waals surface area contributed by atoms with Crippen LogP contribution in [0.15, 0.2) is 29.0 Å². The van der Waals surface area contributed by atoms with E-state index in [0.717, 1.165) is 12.5 Å². The van der Waals surface area contributed by atoms with Crippen molar-refractivity contribution in [3.8, 4) is 0 Å². The van der Waals surface area contributed by atoms with Gasteiger partial charge < -0.3 is 10.4 Å². The first-order valence-electron chi connectivity index (χ1n) is 4.82. The highest BCUT2D eigenvalue weighted by molar-refractivity contribution is 7.07. The van der Waals surface area contributed by atoms with E-state index in [4.69, 9.17) is 5.11 Å². The third kappa shape index (κ3) is 5.34. The summed E-state index contributed by atoms with van der Waals surface area (Å²) in [6, 6.07) is 2.47. The highest BCUT2D eigenvalue weighted by Crippen LogP contribution is 2.08. The Morgan fingerprint density at radius 1 is 1.73 bits per heavy atom. The van der Waals surface area contributed by atoms with E-state index in [1.807, 2.05) is 0 Å². The molecule has 0 amide bonds. The Bertz CT molecular complexity index is 319. The van der Waals surface area contributed by atoms with Gasteiger partial charge in [0.1, 0.15) is 0 Å². The molecule has 0 bridgehead atoms. The molecule has 0 fully saturated rings. The molecule has 2 N–H and O–H groups in total. The second kappa shape index (κ2) is 6.37. The first-order chi connectivity index (χ1) is 7.18. The molecule has 0 spiro atoms. The molecule has 0 saturated heterocycles. The van der Waals surface area contributed by atoms with Crippen LogP contribution in [0.2, 0.25) is 0 Å². The first-order valence-corrected chi connectivity index (χ1v) is 5.76. The largest absolute Gasteiger partial charge is 0.478 e. The fraction of sp³-hybridized carbons (Fsp3) is 0.364. The normalized spacial score (nSPS) is 13.1. The molecule has 1 rings (SSSR count). The molecule has 3 nitrogen and oxygen atoms in total. The Hall–Kier alpha value is -1.13. The Labute approximate surface area is 93.4 Å². The lowest BCUT2D eigenvalue weighted by Gasteiger charge is -2.10. The number of aliphatic carboxylic acids is 1. The molecular formula is C11H15NO2S. The van der Waals surface area contributed by atoms with Gasteiger partial charge in [0.2, 0.25) is 0 Å². The van der Waals surface area contributed by atoms with Crippen molar-refractivity contribution in [2.45, 2.75) is 19.4 Å². The average Bonchev–Trinajstić information content (AvgIpc) is 2.64. The van der Waals surface area contributed by atoms with E-state index in [9.17, 15) is 4.79 Å². The molecule has 1 atom stereocenters. The molecule has 82 valence electrons. The van der Waals surface area contributed by atoms with Gasteiger partial charge in [-0.1, -0.05) is 6.08 Å². The van der Waals surface area contributed by atoms with E-state index in [-0.39, 0.29) is 0 Å². The van der Waals surface area contributed by atoms with Crippen LogP contribution >= 0.6 is 11.3 Å². The summed E-state index contributed by atoms with van der Waals surface area (Å²) in [5, 5.41) is 15.8. The number of carboxylic acids is 1. The summed E-state index contributed by atoms with van der Waals surface area (Å²) in [7, 11) is 0. The predicted octanol–water partition coefficient (Wildman–Crippen LogP) is 1.91. The van der Waals surface area contributed by atoms with Gasteiger partial charge in [-0.15, -0.1) is 0 Å². The van der Waals surface area contributed by atoms with E-state index < -0.39 is 5.97 Å². The number of carboxylic acid groups (broad SMARTS) is 1. The van der Waals surface area contributed by atoms with Crippen LogP contribution < -0.4 is 5.32 Å². The van der Waals surface area contributed by atoms with Gasteiger partial charge in [-0.25, -0.2) is 4.79 Å². The number of rotatable bonds is 6. The maximum absolute atomic E-state index is 10.2. The highest BCUT2D eigenvalue weighted by atomic mass is 32.1. The molecule has 0 aromatic carbocycles. The number of hydrogen-bond donors (Lipinski definition) is 2. The molecule has 0 aliphatic heterocycles. The monoisotopic (exact) mass is 225 g/mol. The minimum atomic E-state index is -0.901. The van der Waals surface area contributed by atoms with Gasteiger partial charge in [-0.2, -0.15) is 11.3 Å². The molecular weight excluding hydrogens is 210 g/mol. The zero-order valence-electron chi connectivity index (χ0n) is 8.64. The van der Waals surface area contributed by atoms with Crippen molar-refractivity contribution >= 4 is 17.3 Å². The third-order valence-corrected chi connectivity index (χ3v) is 2.70. The molecule has 1 aromatic heterocycles. The second-order valence-electron chi connectivity index (χ2n) is 3.39. The lowest BCUT2D eigenvalue weighted by atomic mass is 10.1. The molecule has 0 saturated carbocycles. The predicted molar refractivity (Wildman–Crippen MR) is 62.3 cm³/mol. The van der Waals surface area contributed by atoms with Crippen LogP contribution in [-0.4, -0.2) is 23.7 Å². The fourth-order valence-electron chi connectivity index (χ4n) is 1.26. The Morgan fingerprint density at radius 2 is 2.53 bits per heavy atom. The highest BCUT2D eigenvalue weighted by Gasteiger charge is 2.01. The Morgan fingerprint density at radius 3 is 3.13 bits per heavy atom. The molecule has 15 heavy (non-hydrogen) atoms.